The monoisotopic (exact) mass is 623 g/mol. The maximum absolute atomic E-state index is 14.4. The molecular weight excluding hydrogens is 597 g/mol. The van der Waals surface area contributed by atoms with Crippen molar-refractivity contribution < 1.29 is 18.8 Å². The predicted octanol–water partition coefficient (Wildman–Crippen LogP) is 8.10. The number of nitrogens with one attached hydrogen (secondary N) is 1. The van der Waals surface area contributed by atoms with Crippen molar-refractivity contribution in [1.82, 2.24) is 4.98 Å². The molecule has 1 aliphatic heterocycles. The molecule has 0 atom stereocenters. The van der Waals surface area contributed by atoms with Gasteiger partial charge in [0.15, 0.2) is 5.78 Å². The lowest BCUT2D eigenvalue weighted by Gasteiger charge is -2.23. The minimum absolute atomic E-state index is 0.114. The molecule has 2 amide bonds. The highest BCUT2D eigenvalue weighted by molar-refractivity contribution is 7.17. The van der Waals surface area contributed by atoms with Crippen LogP contribution in [0, 0.1) is 19.7 Å². The van der Waals surface area contributed by atoms with Crippen LogP contribution in [0.25, 0.3) is 10.4 Å². The van der Waals surface area contributed by atoms with Gasteiger partial charge in [-0.25, -0.2) is 9.37 Å². The van der Waals surface area contributed by atoms with Gasteiger partial charge in [-0.3, -0.25) is 14.4 Å². The molecule has 9 heteroatoms. The summed E-state index contributed by atoms with van der Waals surface area (Å²) in [6, 6.07) is 22.6. The third-order valence-corrected chi connectivity index (χ3v) is 9.19. The first-order chi connectivity index (χ1) is 21.2. The molecule has 0 fully saturated rings. The van der Waals surface area contributed by atoms with Gasteiger partial charge in [0, 0.05) is 40.7 Å². The number of aryl methyl sites for hydroxylation is 2. The van der Waals surface area contributed by atoms with Crippen LogP contribution in [0.3, 0.4) is 0 Å². The van der Waals surface area contributed by atoms with E-state index in [2.05, 4.69) is 10.3 Å². The van der Waals surface area contributed by atoms with Crippen molar-refractivity contribution >= 4 is 51.9 Å². The van der Waals surface area contributed by atoms with Gasteiger partial charge in [0.25, 0.3) is 11.8 Å². The van der Waals surface area contributed by atoms with E-state index < -0.39 is 5.82 Å². The molecule has 44 heavy (non-hydrogen) atoms. The van der Waals surface area contributed by atoms with Crippen LogP contribution in [0.2, 0.25) is 5.15 Å². The SMILES string of the molecule is Cc1cnc(Cl)c(CC(=O)c2ccc(C(=O)N3CCc4cc(C(=O)Nc5c(C)cccc5F)sc4-c4ccccc43)cc2)c1. The third kappa shape index (κ3) is 5.78. The van der Waals surface area contributed by atoms with Crippen LogP contribution < -0.4 is 10.2 Å². The van der Waals surface area contributed by atoms with E-state index in [0.29, 0.717) is 45.2 Å². The normalized spacial score (nSPS) is 12.2. The Kier molecular flexibility index (Phi) is 8.12. The summed E-state index contributed by atoms with van der Waals surface area (Å²) in [5.74, 6) is -1.17. The largest absolute Gasteiger partial charge is 0.319 e. The standard InChI is InChI=1S/C35H27ClFN3O3S/c1-20-16-25(33(36)38-19-20)17-29(41)22-10-12-23(13-11-22)35(43)40-15-14-24-18-30(44-32(24)26-7-3-4-9-28(26)40)34(42)39-31-21(2)6-5-8-27(31)37/h3-13,16,18-19H,14-15,17H2,1-2H3,(H,39,42). The molecule has 0 saturated carbocycles. The number of nitrogens with zero attached hydrogens (tertiary/aromatic N) is 2. The highest BCUT2D eigenvalue weighted by atomic mass is 35.5. The number of hydrogen-bond donors (Lipinski definition) is 1. The van der Waals surface area contributed by atoms with Gasteiger partial charge in [0.2, 0.25) is 0 Å². The number of para-hydroxylation sites is 2. The summed E-state index contributed by atoms with van der Waals surface area (Å²) in [7, 11) is 0. The number of anilines is 2. The minimum atomic E-state index is -0.485. The zero-order chi connectivity index (χ0) is 31.0. The molecule has 6 nitrogen and oxygen atoms in total. The lowest BCUT2D eigenvalue weighted by molar-refractivity contribution is 0.0978. The van der Waals surface area contributed by atoms with Crippen molar-refractivity contribution in [3.8, 4) is 10.4 Å². The van der Waals surface area contributed by atoms with E-state index in [9.17, 15) is 18.8 Å². The smallest absolute Gasteiger partial charge is 0.265 e. The number of fused-ring (bicyclic) bond motifs is 3. The van der Waals surface area contributed by atoms with E-state index in [4.69, 9.17) is 11.6 Å². The highest BCUT2D eigenvalue weighted by Gasteiger charge is 2.28. The first-order valence-corrected chi connectivity index (χ1v) is 15.2. The van der Waals surface area contributed by atoms with Crippen molar-refractivity contribution in [3.63, 3.8) is 0 Å². The van der Waals surface area contributed by atoms with Crippen LogP contribution in [0.5, 0.6) is 0 Å². The second-order valence-corrected chi connectivity index (χ2v) is 12.1. The fourth-order valence-corrected chi connectivity index (χ4v) is 6.66. The van der Waals surface area contributed by atoms with Crippen LogP contribution in [-0.4, -0.2) is 29.1 Å². The maximum atomic E-state index is 14.4. The van der Waals surface area contributed by atoms with Crippen molar-refractivity contribution in [2.45, 2.75) is 26.7 Å². The fourth-order valence-electron chi connectivity index (χ4n) is 5.35. The zero-order valence-electron chi connectivity index (χ0n) is 24.0. The lowest BCUT2D eigenvalue weighted by atomic mass is 10.0. The highest BCUT2D eigenvalue weighted by Crippen LogP contribution is 2.42. The van der Waals surface area contributed by atoms with Crippen LogP contribution >= 0.6 is 22.9 Å². The number of thiophene rings is 1. The number of Topliss-reactive ketones (excluding diaryl/α,β-unsaturated/α-hetero) is 1. The summed E-state index contributed by atoms with van der Waals surface area (Å²) in [6.45, 7) is 4.03. The molecule has 0 radical (unpaired) electrons. The number of aromatic nitrogens is 1. The Morgan fingerprint density at radius 3 is 2.50 bits per heavy atom. The van der Waals surface area contributed by atoms with Crippen molar-refractivity contribution in [1.29, 1.82) is 0 Å². The van der Waals surface area contributed by atoms with Crippen LogP contribution in [0.4, 0.5) is 15.8 Å². The Hall–Kier alpha value is -4.66. The number of amides is 2. The van der Waals surface area contributed by atoms with Gasteiger partial charge in [-0.05, 0) is 72.9 Å². The lowest BCUT2D eigenvalue weighted by Crippen LogP contribution is -2.32. The van der Waals surface area contributed by atoms with E-state index in [-0.39, 0.29) is 29.7 Å². The van der Waals surface area contributed by atoms with Gasteiger partial charge in [-0.1, -0.05) is 60.1 Å². The average Bonchev–Trinajstić information content (AvgIpc) is 3.39. The molecular formula is C35H27ClFN3O3S. The molecule has 3 aromatic carbocycles. The summed E-state index contributed by atoms with van der Waals surface area (Å²) in [4.78, 5) is 47.1. The number of ketones is 1. The molecule has 220 valence electrons. The van der Waals surface area contributed by atoms with Crippen molar-refractivity contribution in [2.24, 2.45) is 0 Å². The van der Waals surface area contributed by atoms with Gasteiger partial charge in [0.05, 0.1) is 16.3 Å². The number of pyridine rings is 1. The Bertz CT molecular complexity index is 1920. The Labute approximate surface area is 263 Å². The second kappa shape index (κ2) is 12.1. The first-order valence-electron chi connectivity index (χ1n) is 14.0. The van der Waals surface area contributed by atoms with Gasteiger partial charge >= 0.3 is 0 Å². The maximum Gasteiger partial charge on any atom is 0.265 e. The number of halogens is 2. The number of benzene rings is 3. The van der Waals surface area contributed by atoms with Gasteiger partial charge in [0.1, 0.15) is 11.0 Å². The van der Waals surface area contributed by atoms with Crippen LogP contribution in [-0.2, 0) is 12.8 Å². The molecule has 3 heterocycles. The molecule has 0 unspecified atom stereocenters. The average molecular weight is 624 g/mol. The molecule has 0 saturated heterocycles. The third-order valence-electron chi connectivity index (χ3n) is 7.64. The molecule has 5 aromatic rings. The quantitative estimate of drug-likeness (QED) is 0.153. The Morgan fingerprint density at radius 2 is 1.73 bits per heavy atom. The van der Waals surface area contributed by atoms with Gasteiger partial charge in [-0.2, -0.15) is 0 Å². The van der Waals surface area contributed by atoms with Gasteiger partial charge < -0.3 is 10.2 Å². The van der Waals surface area contributed by atoms with E-state index in [1.165, 1.54) is 17.4 Å². The molecule has 0 aliphatic carbocycles. The van der Waals surface area contributed by atoms with Crippen LogP contribution in [0.15, 0.2) is 85.1 Å². The number of hydrogen-bond acceptors (Lipinski definition) is 5. The Balaban J connectivity index is 1.23. The summed E-state index contributed by atoms with van der Waals surface area (Å²) >= 11 is 7.51. The van der Waals surface area contributed by atoms with Crippen molar-refractivity contribution in [2.75, 3.05) is 16.8 Å². The van der Waals surface area contributed by atoms with Crippen molar-refractivity contribution in [3.05, 3.63) is 134 Å². The summed E-state index contributed by atoms with van der Waals surface area (Å²) < 4.78 is 14.4. The van der Waals surface area contributed by atoms with E-state index in [1.807, 2.05) is 43.3 Å². The second-order valence-electron chi connectivity index (χ2n) is 10.7. The minimum Gasteiger partial charge on any atom is -0.319 e. The molecule has 2 aromatic heterocycles. The van der Waals surface area contributed by atoms with Crippen LogP contribution in [0.1, 0.15) is 52.6 Å². The summed E-state index contributed by atoms with van der Waals surface area (Å²) in [5.41, 5.74) is 5.84. The Morgan fingerprint density at radius 1 is 0.977 bits per heavy atom. The first kappa shape index (κ1) is 29.4. The molecule has 1 N–H and O–H groups in total. The summed E-state index contributed by atoms with van der Waals surface area (Å²) in [6.07, 6.45) is 2.30. The number of carbonyl (C=O) groups is 3. The van der Waals surface area contributed by atoms with E-state index in [0.717, 1.165) is 27.3 Å². The fraction of sp³-hybridized carbons (Fsp3) is 0.143. The molecule has 0 spiro atoms. The number of carbonyl (C=O) groups excluding carboxylic acids is 3. The topological polar surface area (TPSA) is 79.4 Å². The number of rotatable bonds is 6. The predicted molar refractivity (Wildman–Crippen MR) is 173 cm³/mol. The van der Waals surface area contributed by atoms with E-state index >= 15 is 0 Å². The molecule has 6 rings (SSSR count). The zero-order valence-corrected chi connectivity index (χ0v) is 25.6. The molecule has 1 aliphatic rings. The summed E-state index contributed by atoms with van der Waals surface area (Å²) in [5, 5.41) is 3.02. The van der Waals surface area contributed by atoms with Gasteiger partial charge in [-0.15, -0.1) is 11.3 Å². The van der Waals surface area contributed by atoms with E-state index in [1.54, 1.807) is 54.4 Å². The molecule has 0 bridgehead atoms.